The summed E-state index contributed by atoms with van der Waals surface area (Å²) in [5.74, 6) is 6.54. The van der Waals surface area contributed by atoms with E-state index in [2.05, 4.69) is 21.4 Å². The maximum absolute atomic E-state index is 6.32. The van der Waals surface area contributed by atoms with Gasteiger partial charge < -0.3 is 4.74 Å². The Balaban J connectivity index is 2.47. The van der Waals surface area contributed by atoms with Gasteiger partial charge >= 0.3 is 0 Å². The zero-order valence-corrected chi connectivity index (χ0v) is 13.4. The van der Waals surface area contributed by atoms with Crippen molar-refractivity contribution in [1.29, 1.82) is 0 Å². The maximum Gasteiger partial charge on any atom is 0.124 e. The first-order valence-corrected chi connectivity index (χ1v) is 7.47. The second kappa shape index (κ2) is 7.09. The Labute approximate surface area is 132 Å². The zero-order chi connectivity index (χ0) is 14.5. The van der Waals surface area contributed by atoms with Gasteiger partial charge in [0, 0.05) is 15.1 Å². The molecule has 0 amide bonds. The largest absolute Gasteiger partial charge is 0.494 e. The minimum Gasteiger partial charge on any atom is -0.494 e. The van der Waals surface area contributed by atoms with Crippen molar-refractivity contribution in [1.82, 2.24) is 5.43 Å². The average Bonchev–Trinajstić information content (AvgIpc) is 2.44. The van der Waals surface area contributed by atoms with Gasteiger partial charge in [-0.05, 0) is 30.7 Å². The second-order valence-electron chi connectivity index (χ2n) is 4.24. The summed E-state index contributed by atoms with van der Waals surface area (Å²) in [5.41, 5.74) is 4.68. The molecule has 0 aliphatic rings. The highest BCUT2D eigenvalue weighted by atomic mass is 79.9. The van der Waals surface area contributed by atoms with Gasteiger partial charge in [-0.15, -0.1) is 0 Å². The van der Waals surface area contributed by atoms with Crippen molar-refractivity contribution < 1.29 is 4.74 Å². The molecule has 3 N–H and O–H groups in total. The summed E-state index contributed by atoms with van der Waals surface area (Å²) in [6.07, 6.45) is 0. The number of hydrazine groups is 1. The van der Waals surface area contributed by atoms with Gasteiger partial charge in [0.05, 0.1) is 12.6 Å². The number of rotatable bonds is 5. The molecule has 0 fully saturated rings. The number of hydrogen-bond acceptors (Lipinski definition) is 3. The van der Waals surface area contributed by atoms with Gasteiger partial charge in [0.2, 0.25) is 0 Å². The van der Waals surface area contributed by atoms with E-state index in [4.69, 9.17) is 22.2 Å². The normalized spacial score (nSPS) is 12.2. The Morgan fingerprint density at radius 3 is 2.65 bits per heavy atom. The van der Waals surface area contributed by atoms with E-state index in [9.17, 15) is 0 Å². The summed E-state index contributed by atoms with van der Waals surface area (Å²) < 4.78 is 6.59. The summed E-state index contributed by atoms with van der Waals surface area (Å²) in [6, 6.07) is 13.3. The third-order valence-electron chi connectivity index (χ3n) is 2.97. The lowest BCUT2D eigenvalue weighted by atomic mass is 9.98. The molecule has 0 bridgehead atoms. The number of halogens is 2. The molecule has 0 spiro atoms. The van der Waals surface area contributed by atoms with Crippen molar-refractivity contribution in [3.8, 4) is 5.75 Å². The average molecular weight is 356 g/mol. The van der Waals surface area contributed by atoms with E-state index in [0.29, 0.717) is 11.6 Å². The maximum atomic E-state index is 6.32. The molecule has 0 saturated carbocycles. The van der Waals surface area contributed by atoms with Crippen LogP contribution in [-0.2, 0) is 0 Å². The lowest BCUT2D eigenvalue weighted by molar-refractivity contribution is 0.333. The van der Waals surface area contributed by atoms with Crippen LogP contribution in [0.5, 0.6) is 5.75 Å². The van der Waals surface area contributed by atoms with Crippen LogP contribution >= 0.6 is 27.5 Å². The number of benzene rings is 2. The second-order valence-corrected chi connectivity index (χ2v) is 5.56. The standard InChI is InChI=1S/C15H16BrClN2O/c1-2-20-14-6-4-3-5-12(14)15(19-18)11-8-7-10(16)9-13(11)17/h3-9,15,19H,2,18H2,1H3. The summed E-state index contributed by atoms with van der Waals surface area (Å²) >= 11 is 9.72. The molecule has 20 heavy (non-hydrogen) atoms. The van der Waals surface area contributed by atoms with Crippen LogP contribution in [0.4, 0.5) is 0 Å². The predicted octanol–water partition coefficient (Wildman–Crippen LogP) is 4.05. The highest BCUT2D eigenvalue weighted by Gasteiger charge is 2.19. The highest BCUT2D eigenvalue weighted by Crippen LogP contribution is 2.34. The topological polar surface area (TPSA) is 47.3 Å². The molecule has 0 aliphatic heterocycles. The van der Waals surface area contributed by atoms with Gasteiger partial charge in [0.25, 0.3) is 0 Å². The van der Waals surface area contributed by atoms with Crippen molar-refractivity contribution in [2.45, 2.75) is 13.0 Å². The highest BCUT2D eigenvalue weighted by molar-refractivity contribution is 9.10. The molecule has 0 radical (unpaired) electrons. The molecule has 2 aromatic rings. The predicted molar refractivity (Wildman–Crippen MR) is 85.9 cm³/mol. The molecule has 0 aliphatic carbocycles. The molecule has 2 aromatic carbocycles. The van der Waals surface area contributed by atoms with Crippen molar-refractivity contribution in [3.05, 3.63) is 63.1 Å². The van der Waals surface area contributed by atoms with E-state index in [0.717, 1.165) is 21.3 Å². The number of hydrogen-bond donors (Lipinski definition) is 2. The summed E-state index contributed by atoms with van der Waals surface area (Å²) in [4.78, 5) is 0. The van der Waals surface area contributed by atoms with Gasteiger partial charge in [0.15, 0.2) is 0 Å². The van der Waals surface area contributed by atoms with Crippen LogP contribution in [0.25, 0.3) is 0 Å². The first-order valence-electron chi connectivity index (χ1n) is 6.30. The Morgan fingerprint density at radius 1 is 1.25 bits per heavy atom. The quantitative estimate of drug-likeness (QED) is 0.628. The van der Waals surface area contributed by atoms with E-state index < -0.39 is 0 Å². The Hall–Kier alpha value is -1.07. The molecule has 5 heteroatoms. The molecule has 0 saturated heterocycles. The number of para-hydroxylation sites is 1. The molecule has 3 nitrogen and oxygen atoms in total. The smallest absolute Gasteiger partial charge is 0.124 e. The van der Waals surface area contributed by atoms with Gasteiger partial charge in [0.1, 0.15) is 5.75 Å². The first-order chi connectivity index (χ1) is 9.67. The van der Waals surface area contributed by atoms with Crippen LogP contribution in [0.3, 0.4) is 0 Å². The SMILES string of the molecule is CCOc1ccccc1C(NN)c1ccc(Br)cc1Cl. The summed E-state index contributed by atoms with van der Waals surface area (Å²) in [6.45, 7) is 2.55. The van der Waals surface area contributed by atoms with Gasteiger partial charge in [-0.25, -0.2) is 5.43 Å². The number of nitrogens with two attached hydrogens (primary N) is 1. The number of ether oxygens (including phenoxy) is 1. The van der Waals surface area contributed by atoms with Crippen LogP contribution < -0.4 is 16.0 Å². The Morgan fingerprint density at radius 2 is 2.00 bits per heavy atom. The van der Waals surface area contributed by atoms with Gasteiger partial charge in [-0.2, -0.15) is 0 Å². The van der Waals surface area contributed by atoms with E-state index in [1.54, 1.807) is 0 Å². The fraction of sp³-hybridized carbons (Fsp3) is 0.200. The fourth-order valence-electron chi connectivity index (χ4n) is 2.09. The lowest BCUT2D eigenvalue weighted by Crippen LogP contribution is -2.29. The minimum absolute atomic E-state index is 0.224. The molecule has 0 heterocycles. The molecule has 0 aromatic heterocycles. The van der Waals surface area contributed by atoms with Gasteiger partial charge in [-0.3, -0.25) is 5.84 Å². The van der Waals surface area contributed by atoms with Crippen LogP contribution in [-0.4, -0.2) is 6.61 Å². The van der Waals surface area contributed by atoms with Crippen molar-refractivity contribution in [2.24, 2.45) is 5.84 Å². The van der Waals surface area contributed by atoms with Crippen molar-refractivity contribution >= 4 is 27.5 Å². The Kier molecular flexibility index (Phi) is 5.43. The zero-order valence-electron chi connectivity index (χ0n) is 11.1. The van der Waals surface area contributed by atoms with E-state index in [-0.39, 0.29) is 6.04 Å². The molecular weight excluding hydrogens is 340 g/mol. The van der Waals surface area contributed by atoms with E-state index in [1.165, 1.54) is 0 Å². The van der Waals surface area contributed by atoms with Crippen LogP contribution in [0.15, 0.2) is 46.9 Å². The monoisotopic (exact) mass is 354 g/mol. The van der Waals surface area contributed by atoms with E-state index >= 15 is 0 Å². The first kappa shape index (κ1) is 15.3. The summed E-state index contributed by atoms with van der Waals surface area (Å²) in [5, 5.41) is 0.647. The molecular formula is C15H16BrClN2O. The van der Waals surface area contributed by atoms with Gasteiger partial charge in [-0.1, -0.05) is 51.8 Å². The van der Waals surface area contributed by atoms with Crippen LogP contribution in [0, 0.1) is 0 Å². The molecule has 2 rings (SSSR count). The molecule has 106 valence electrons. The lowest BCUT2D eigenvalue weighted by Gasteiger charge is -2.21. The summed E-state index contributed by atoms with van der Waals surface area (Å²) in [7, 11) is 0. The van der Waals surface area contributed by atoms with Crippen LogP contribution in [0.1, 0.15) is 24.1 Å². The fourth-order valence-corrected chi connectivity index (χ4v) is 2.87. The Bertz CT molecular complexity index is 592. The third-order valence-corrected chi connectivity index (χ3v) is 3.79. The number of nitrogens with one attached hydrogen (secondary N) is 1. The molecule has 1 unspecified atom stereocenters. The third kappa shape index (κ3) is 3.33. The minimum atomic E-state index is -0.224. The van der Waals surface area contributed by atoms with Crippen molar-refractivity contribution in [2.75, 3.05) is 6.61 Å². The molecule has 1 atom stereocenters. The van der Waals surface area contributed by atoms with E-state index in [1.807, 2.05) is 49.4 Å². The van der Waals surface area contributed by atoms with Crippen LogP contribution in [0.2, 0.25) is 5.02 Å². The van der Waals surface area contributed by atoms with Crippen molar-refractivity contribution in [3.63, 3.8) is 0 Å².